The average molecular weight is 275 g/mol. The number of aliphatic hydroxyl groups excluding tert-OH is 2. The molecular formula is C11H15BrO3. The number of aliphatic hydroxyl groups is 2. The largest absolute Gasteiger partial charge is 0.496 e. The van der Waals surface area contributed by atoms with Gasteiger partial charge < -0.3 is 14.9 Å². The maximum absolute atomic E-state index is 9.01. The SMILES string of the molecule is COc1ccc(Br)cc1CC(CO)CO. The van der Waals surface area contributed by atoms with Crippen LogP contribution in [0.15, 0.2) is 22.7 Å². The van der Waals surface area contributed by atoms with Gasteiger partial charge in [0.15, 0.2) is 0 Å². The van der Waals surface area contributed by atoms with Crippen molar-refractivity contribution in [1.29, 1.82) is 0 Å². The van der Waals surface area contributed by atoms with E-state index in [1.807, 2.05) is 18.2 Å². The van der Waals surface area contributed by atoms with Crippen molar-refractivity contribution in [1.82, 2.24) is 0 Å². The first kappa shape index (κ1) is 12.5. The molecule has 3 nitrogen and oxygen atoms in total. The van der Waals surface area contributed by atoms with E-state index in [2.05, 4.69) is 15.9 Å². The minimum absolute atomic E-state index is 0.0217. The maximum atomic E-state index is 9.01. The molecule has 0 amide bonds. The molecule has 2 N–H and O–H groups in total. The number of hydrogen-bond donors (Lipinski definition) is 2. The third-order valence-corrected chi connectivity index (χ3v) is 2.76. The van der Waals surface area contributed by atoms with Crippen LogP contribution in [0.3, 0.4) is 0 Å². The third kappa shape index (κ3) is 3.48. The molecule has 0 bridgehead atoms. The van der Waals surface area contributed by atoms with Crippen molar-refractivity contribution in [2.75, 3.05) is 20.3 Å². The Labute approximate surface area is 97.8 Å². The van der Waals surface area contributed by atoms with Gasteiger partial charge in [0.2, 0.25) is 0 Å². The van der Waals surface area contributed by atoms with Crippen molar-refractivity contribution in [3.05, 3.63) is 28.2 Å². The zero-order chi connectivity index (χ0) is 11.3. The minimum atomic E-state index is -0.131. The highest BCUT2D eigenvalue weighted by molar-refractivity contribution is 9.10. The monoisotopic (exact) mass is 274 g/mol. The molecule has 0 aromatic heterocycles. The lowest BCUT2D eigenvalue weighted by molar-refractivity contribution is 0.149. The highest BCUT2D eigenvalue weighted by atomic mass is 79.9. The van der Waals surface area contributed by atoms with Crippen molar-refractivity contribution in [2.45, 2.75) is 6.42 Å². The molecule has 0 aliphatic heterocycles. The summed E-state index contributed by atoms with van der Waals surface area (Å²) in [5.41, 5.74) is 0.986. The molecule has 0 saturated carbocycles. The molecular weight excluding hydrogens is 260 g/mol. The molecule has 0 heterocycles. The summed E-state index contributed by atoms with van der Waals surface area (Å²) in [7, 11) is 1.61. The second kappa shape index (κ2) is 6.10. The van der Waals surface area contributed by atoms with Crippen LogP contribution in [0, 0.1) is 5.92 Å². The summed E-state index contributed by atoms with van der Waals surface area (Å²) in [6, 6.07) is 5.71. The molecule has 1 aromatic rings. The standard InChI is InChI=1S/C11H15BrO3/c1-15-11-3-2-10(12)5-9(11)4-8(6-13)7-14/h2-3,5,8,13-14H,4,6-7H2,1H3. The summed E-state index contributed by atoms with van der Waals surface area (Å²) in [4.78, 5) is 0. The van der Waals surface area contributed by atoms with Crippen LogP contribution in [-0.4, -0.2) is 30.5 Å². The summed E-state index contributed by atoms with van der Waals surface area (Å²) >= 11 is 3.38. The first-order valence-corrected chi connectivity index (χ1v) is 5.54. The van der Waals surface area contributed by atoms with E-state index in [1.165, 1.54) is 0 Å². The fourth-order valence-corrected chi connectivity index (χ4v) is 1.81. The molecule has 0 aliphatic rings. The minimum Gasteiger partial charge on any atom is -0.496 e. The molecule has 0 atom stereocenters. The molecule has 15 heavy (non-hydrogen) atoms. The summed E-state index contributed by atoms with van der Waals surface area (Å²) in [6.07, 6.45) is 0.607. The molecule has 1 aromatic carbocycles. The van der Waals surface area contributed by atoms with Gasteiger partial charge in [-0.1, -0.05) is 15.9 Å². The topological polar surface area (TPSA) is 49.7 Å². The number of rotatable bonds is 5. The predicted octanol–water partition coefficient (Wildman–Crippen LogP) is 1.60. The zero-order valence-corrected chi connectivity index (χ0v) is 10.2. The van der Waals surface area contributed by atoms with Crippen LogP contribution in [0.2, 0.25) is 0 Å². The van der Waals surface area contributed by atoms with Crippen LogP contribution in [0.4, 0.5) is 0 Å². The Morgan fingerprint density at radius 2 is 2.00 bits per heavy atom. The Kier molecular flexibility index (Phi) is 5.08. The van der Waals surface area contributed by atoms with E-state index < -0.39 is 0 Å². The normalized spacial score (nSPS) is 10.7. The van der Waals surface area contributed by atoms with Gasteiger partial charge >= 0.3 is 0 Å². The quantitative estimate of drug-likeness (QED) is 0.858. The van der Waals surface area contributed by atoms with Gasteiger partial charge in [0.25, 0.3) is 0 Å². The Hall–Kier alpha value is -0.580. The van der Waals surface area contributed by atoms with Crippen molar-refractivity contribution in [3.63, 3.8) is 0 Å². The fraction of sp³-hybridized carbons (Fsp3) is 0.455. The Bertz CT molecular complexity index is 311. The molecule has 0 unspecified atom stereocenters. The predicted molar refractivity (Wildman–Crippen MR) is 62.1 cm³/mol. The van der Waals surface area contributed by atoms with Crippen molar-refractivity contribution in [3.8, 4) is 5.75 Å². The average Bonchev–Trinajstić information content (AvgIpc) is 2.26. The lowest BCUT2D eigenvalue weighted by atomic mass is 10.0. The smallest absolute Gasteiger partial charge is 0.122 e. The molecule has 0 radical (unpaired) electrons. The summed E-state index contributed by atoms with van der Waals surface area (Å²) in [5.74, 6) is 0.651. The number of ether oxygens (including phenoxy) is 1. The van der Waals surface area contributed by atoms with Crippen LogP contribution in [0.5, 0.6) is 5.75 Å². The van der Waals surface area contributed by atoms with Gasteiger partial charge in [-0.15, -0.1) is 0 Å². The first-order valence-electron chi connectivity index (χ1n) is 4.75. The lowest BCUT2D eigenvalue weighted by Gasteiger charge is -2.14. The van der Waals surface area contributed by atoms with Gasteiger partial charge in [-0.3, -0.25) is 0 Å². The van der Waals surface area contributed by atoms with Crippen LogP contribution in [-0.2, 0) is 6.42 Å². The molecule has 84 valence electrons. The highest BCUT2D eigenvalue weighted by Crippen LogP contribution is 2.25. The molecule has 0 saturated heterocycles. The van der Waals surface area contributed by atoms with Gasteiger partial charge in [-0.25, -0.2) is 0 Å². The Morgan fingerprint density at radius 3 is 2.53 bits per heavy atom. The van der Waals surface area contributed by atoms with Gasteiger partial charge in [0.1, 0.15) is 5.75 Å². The van der Waals surface area contributed by atoms with Gasteiger partial charge in [0, 0.05) is 23.6 Å². The molecule has 4 heteroatoms. The summed E-state index contributed by atoms with van der Waals surface area (Å²) in [5, 5.41) is 18.0. The molecule has 1 rings (SSSR count). The van der Waals surface area contributed by atoms with Gasteiger partial charge in [0.05, 0.1) is 7.11 Å². The van der Waals surface area contributed by atoms with Crippen molar-refractivity contribution in [2.24, 2.45) is 5.92 Å². The Morgan fingerprint density at radius 1 is 1.33 bits per heavy atom. The van der Waals surface area contributed by atoms with E-state index in [1.54, 1.807) is 7.11 Å². The molecule has 0 spiro atoms. The van der Waals surface area contributed by atoms with Crippen LogP contribution in [0.25, 0.3) is 0 Å². The van der Waals surface area contributed by atoms with Crippen molar-refractivity contribution >= 4 is 15.9 Å². The van der Waals surface area contributed by atoms with E-state index in [0.29, 0.717) is 6.42 Å². The second-order valence-corrected chi connectivity index (χ2v) is 4.31. The van der Waals surface area contributed by atoms with Crippen LogP contribution in [0.1, 0.15) is 5.56 Å². The third-order valence-electron chi connectivity index (χ3n) is 2.27. The summed E-state index contributed by atoms with van der Waals surface area (Å²) < 4.78 is 6.17. The second-order valence-electron chi connectivity index (χ2n) is 3.39. The lowest BCUT2D eigenvalue weighted by Crippen LogP contribution is -2.14. The number of benzene rings is 1. The van der Waals surface area contributed by atoms with Gasteiger partial charge in [-0.2, -0.15) is 0 Å². The zero-order valence-electron chi connectivity index (χ0n) is 8.61. The number of methoxy groups -OCH3 is 1. The summed E-state index contributed by atoms with van der Waals surface area (Å²) in [6.45, 7) is -0.0433. The van der Waals surface area contributed by atoms with Crippen molar-refractivity contribution < 1.29 is 14.9 Å². The van der Waals surface area contributed by atoms with E-state index in [0.717, 1.165) is 15.8 Å². The Balaban J connectivity index is 2.86. The van der Waals surface area contributed by atoms with Gasteiger partial charge in [-0.05, 0) is 30.2 Å². The molecule has 0 aliphatic carbocycles. The van der Waals surface area contributed by atoms with E-state index in [-0.39, 0.29) is 19.1 Å². The fourth-order valence-electron chi connectivity index (χ4n) is 1.40. The van der Waals surface area contributed by atoms with E-state index in [4.69, 9.17) is 14.9 Å². The number of halogens is 1. The molecule has 0 fully saturated rings. The highest BCUT2D eigenvalue weighted by Gasteiger charge is 2.11. The van der Waals surface area contributed by atoms with E-state index in [9.17, 15) is 0 Å². The van der Waals surface area contributed by atoms with E-state index >= 15 is 0 Å². The maximum Gasteiger partial charge on any atom is 0.122 e. The first-order chi connectivity index (χ1) is 7.21. The van der Waals surface area contributed by atoms with Crippen LogP contribution < -0.4 is 4.74 Å². The number of hydrogen-bond acceptors (Lipinski definition) is 3. The van der Waals surface area contributed by atoms with Crippen LogP contribution >= 0.6 is 15.9 Å².